The fourth-order valence-electron chi connectivity index (χ4n) is 12.6. The predicted molar refractivity (Wildman–Crippen MR) is 371 cm³/mol. The summed E-state index contributed by atoms with van der Waals surface area (Å²) in [6.45, 7) is 12.3. The van der Waals surface area contributed by atoms with E-state index in [0.717, 1.165) is 38.5 Å². The lowest BCUT2D eigenvalue weighted by molar-refractivity contribution is -0.163. The molecule has 0 saturated carbocycles. The van der Waals surface area contributed by atoms with Crippen molar-refractivity contribution in [3.63, 3.8) is 0 Å². The third-order valence-electron chi connectivity index (χ3n) is 18.6. The van der Waals surface area contributed by atoms with Crippen molar-refractivity contribution in [2.75, 3.05) is 39.6 Å². The Bertz CT molecular complexity index is 1050. The van der Waals surface area contributed by atoms with Gasteiger partial charge < -0.3 is 29.2 Å². The van der Waals surface area contributed by atoms with Gasteiger partial charge in [0, 0.05) is 26.4 Å². The molecule has 0 heterocycles. The summed E-state index contributed by atoms with van der Waals surface area (Å²) in [5.74, 6) is 0. The van der Waals surface area contributed by atoms with Gasteiger partial charge >= 0.3 is 0 Å². The van der Waals surface area contributed by atoms with Gasteiger partial charge in [-0.15, -0.1) is 0 Å². The number of unbranched alkanes of at least 4 members (excludes halogenated alkanes) is 60. The molecule has 6 nitrogen and oxygen atoms in total. The molecular formula is C78H158O6. The molecule has 0 bridgehead atoms. The van der Waals surface area contributed by atoms with Gasteiger partial charge in [-0.3, -0.25) is 0 Å². The average molecular weight is 1190 g/mol. The number of ether oxygens (including phenoxy) is 4. The zero-order chi connectivity index (χ0) is 60.6. The first-order valence-corrected chi connectivity index (χ1v) is 39.4. The maximum atomic E-state index is 11.9. The summed E-state index contributed by atoms with van der Waals surface area (Å²) in [5.41, 5.74) is 0. The smallest absolute Gasteiger partial charge is 0.111 e. The van der Waals surface area contributed by atoms with Gasteiger partial charge in [0.1, 0.15) is 24.4 Å². The molecule has 2 N–H and O–H groups in total. The van der Waals surface area contributed by atoms with Gasteiger partial charge in [0.25, 0.3) is 0 Å². The van der Waals surface area contributed by atoms with E-state index in [2.05, 4.69) is 27.7 Å². The number of rotatable bonds is 77. The zero-order valence-corrected chi connectivity index (χ0v) is 58.3. The summed E-state index contributed by atoms with van der Waals surface area (Å²) >= 11 is 0. The Kier molecular flexibility index (Phi) is 75.0. The summed E-state index contributed by atoms with van der Waals surface area (Å²) in [5, 5.41) is 23.9. The van der Waals surface area contributed by atoms with E-state index in [1.165, 1.54) is 372 Å². The van der Waals surface area contributed by atoms with Crippen LogP contribution >= 0.6 is 0 Å². The number of aliphatic hydroxyl groups is 2. The summed E-state index contributed by atoms with van der Waals surface area (Å²) in [4.78, 5) is 0. The van der Waals surface area contributed by atoms with Gasteiger partial charge in [-0.05, 0) is 25.7 Å². The SMILES string of the molecule is CCCCCCCCCCCCCCCCCCOC[C@@H](OCCCCCCCCCCCCCCCCCC)[C@@H](O)[C@H](O)[C@@H](COCCCCCCCCCCCCCCCCCC)OCCCCCCCCCCCCCCCCCC. The first-order valence-electron chi connectivity index (χ1n) is 39.4. The molecule has 0 aromatic heterocycles. The molecule has 0 radical (unpaired) electrons. The monoisotopic (exact) mass is 1190 g/mol. The lowest BCUT2D eigenvalue weighted by Gasteiger charge is -2.32. The van der Waals surface area contributed by atoms with Gasteiger partial charge in [-0.25, -0.2) is 0 Å². The molecule has 4 atom stereocenters. The van der Waals surface area contributed by atoms with Gasteiger partial charge in [0.2, 0.25) is 0 Å². The van der Waals surface area contributed by atoms with Gasteiger partial charge in [-0.1, -0.05) is 413 Å². The number of hydrogen-bond donors (Lipinski definition) is 2. The lowest BCUT2D eigenvalue weighted by atomic mass is 10.0. The predicted octanol–water partition coefficient (Wildman–Crippen LogP) is 25.6. The topological polar surface area (TPSA) is 77.4 Å². The van der Waals surface area contributed by atoms with Crippen LogP contribution in [0.5, 0.6) is 0 Å². The summed E-state index contributed by atoms with van der Waals surface area (Å²) in [6, 6.07) is 0. The minimum absolute atomic E-state index is 0.293. The van der Waals surface area contributed by atoms with Crippen LogP contribution in [0.1, 0.15) is 439 Å². The van der Waals surface area contributed by atoms with Crippen LogP contribution in [0.3, 0.4) is 0 Å². The largest absolute Gasteiger partial charge is 0.388 e. The second kappa shape index (κ2) is 75.2. The van der Waals surface area contributed by atoms with Crippen molar-refractivity contribution in [1.82, 2.24) is 0 Å². The molecule has 0 fully saturated rings. The number of aliphatic hydroxyl groups excluding tert-OH is 2. The quantitative estimate of drug-likeness (QED) is 0.0591. The zero-order valence-electron chi connectivity index (χ0n) is 58.3. The van der Waals surface area contributed by atoms with Crippen LogP contribution in [0.15, 0.2) is 0 Å². The summed E-state index contributed by atoms with van der Waals surface area (Å²) < 4.78 is 25.5. The third-order valence-corrected chi connectivity index (χ3v) is 18.6. The molecule has 0 amide bonds. The van der Waals surface area contributed by atoms with Crippen LogP contribution in [-0.2, 0) is 18.9 Å². The van der Waals surface area contributed by atoms with Crippen molar-refractivity contribution in [1.29, 1.82) is 0 Å². The maximum Gasteiger partial charge on any atom is 0.111 e. The lowest BCUT2D eigenvalue weighted by Crippen LogP contribution is -2.50. The molecule has 0 aliphatic carbocycles. The van der Waals surface area contributed by atoms with E-state index in [1.807, 2.05) is 0 Å². The highest BCUT2D eigenvalue weighted by atomic mass is 16.6. The highest BCUT2D eigenvalue weighted by Crippen LogP contribution is 2.21. The first kappa shape index (κ1) is 83.8. The Labute approximate surface area is 529 Å². The molecule has 0 aromatic rings. The van der Waals surface area contributed by atoms with E-state index in [9.17, 15) is 10.2 Å². The van der Waals surface area contributed by atoms with Crippen molar-refractivity contribution >= 4 is 0 Å². The van der Waals surface area contributed by atoms with Crippen molar-refractivity contribution in [3.05, 3.63) is 0 Å². The molecule has 0 saturated heterocycles. The van der Waals surface area contributed by atoms with Crippen molar-refractivity contribution < 1.29 is 29.2 Å². The van der Waals surface area contributed by atoms with Gasteiger partial charge in [-0.2, -0.15) is 0 Å². The highest BCUT2D eigenvalue weighted by Gasteiger charge is 2.34. The second-order valence-electron chi connectivity index (χ2n) is 27.2. The van der Waals surface area contributed by atoms with Crippen LogP contribution < -0.4 is 0 Å². The van der Waals surface area contributed by atoms with E-state index in [4.69, 9.17) is 18.9 Å². The van der Waals surface area contributed by atoms with Crippen LogP contribution in [0.2, 0.25) is 0 Å². The van der Waals surface area contributed by atoms with Gasteiger partial charge in [0.15, 0.2) is 0 Å². The molecular weight excluding hydrogens is 1030 g/mol. The Morgan fingerprint density at radius 1 is 0.179 bits per heavy atom. The van der Waals surface area contributed by atoms with Crippen LogP contribution in [-0.4, -0.2) is 74.3 Å². The van der Waals surface area contributed by atoms with Crippen LogP contribution in [0.25, 0.3) is 0 Å². The molecule has 0 rings (SSSR count). The van der Waals surface area contributed by atoms with Crippen LogP contribution in [0.4, 0.5) is 0 Å². The molecule has 84 heavy (non-hydrogen) atoms. The minimum atomic E-state index is -1.10. The second-order valence-corrected chi connectivity index (χ2v) is 27.2. The molecule has 0 aromatic carbocycles. The van der Waals surface area contributed by atoms with Crippen LogP contribution in [0, 0.1) is 0 Å². The Hall–Kier alpha value is -0.240. The molecule has 0 spiro atoms. The third kappa shape index (κ3) is 66.2. The van der Waals surface area contributed by atoms with Crippen molar-refractivity contribution in [2.24, 2.45) is 0 Å². The molecule has 0 aliphatic heterocycles. The average Bonchev–Trinajstić information content (AvgIpc) is 3.55. The van der Waals surface area contributed by atoms with E-state index >= 15 is 0 Å². The van der Waals surface area contributed by atoms with E-state index in [0.29, 0.717) is 39.6 Å². The van der Waals surface area contributed by atoms with E-state index < -0.39 is 24.4 Å². The molecule has 0 aliphatic rings. The Morgan fingerprint density at radius 2 is 0.310 bits per heavy atom. The highest BCUT2D eigenvalue weighted by molar-refractivity contribution is 4.83. The Balaban J connectivity index is 5.07. The minimum Gasteiger partial charge on any atom is -0.388 e. The fourth-order valence-corrected chi connectivity index (χ4v) is 12.6. The number of hydrogen-bond acceptors (Lipinski definition) is 6. The summed E-state index contributed by atoms with van der Waals surface area (Å²) in [7, 11) is 0. The van der Waals surface area contributed by atoms with E-state index in [-0.39, 0.29) is 0 Å². The first-order chi connectivity index (χ1) is 41.6. The fraction of sp³-hybridized carbons (Fsp3) is 1.00. The molecule has 6 heteroatoms. The van der Waals surface area contributed by atoms with E-state index in [1.54, 1.807) is 0 Å². The van der Waals surface area contributed by atoms with Crippen molar-refractivity contribution in [2.45, 2.75) is 463 Å². The summed E-state index contributed by atoms with van der Waals surface area (Å²) in [6.07, 6.45) is 82.7. The van der Waals surface area contributed by atoms with Crippen molar-refractivity contribution in [3.8, 4) is 0 Å². The standard InChI is InChI=1S/C78H158O6/c1-5-9-13-17-21-25-29-33-37-41-45-49-53-57-61-65-69-81-73-75(83-71-67-63-59-55-51-47-43-39-35-31-27-23-19-15-11-7-3)77(79)78(80)76(84-72-68-64-60-56-52-48-44-40-36-32-28-24-20-16-12-8-4)74-82-70-66-62-58-54-50-46-42-38-34-30-26-22-18-14-10-6-2/h75-80H,5-74H2,1-4H3/t75-,76-,77-,78-/m1/s1. The van der Waals surface area contributed by atoms with Gasteiger partial charge in [0.05, 0.1) is 13.2 Å². The molecule has 506 valence electrons. The normalized spacial score (nSPS) is 13.4. The Morgan fingerprint density at radius 3 is 0.464 bits per heavy atom. The maximum absolute atomic E-state index is 11.9. The molecule has 0 unspecified atom stereocenters.